The monoisotopic (exact) mass is 374 g/mol. The summed E-state index contributed by atoms with van der Waals surface area (Å²) >= 11 is 0. The molecule has 3 aromatic carbocycles. The van der Waals surface area contributed by atoms with Crippen LogP contribution in [-0.4, -0.2) is 24.0 Å². The summed E-state index contributed by atoms with van der Waals surface area (Å²) in [6.07, 6.45) is 1.48. The van der Waals surface area contributed by atoms with E-state index in [0.717, 1.165) is 5.56 Å². The molecule has 6 heteroatoms. The number of nitrogens with zero attached hydrogens (tertiary/aromatic N) is 1. The molecule has 28 heavy (non-hydrogen) atoms. The van der Waals surface area contributed by atoms with E-state index >= 15 is 0 Å². The van der Waals surface area contributed by atoms with Crippen LogP contribution in [0, 0.1) is 0 Å². The molecule has 140 valence electrons. The van der Waals surface area contributed by atoms with Crippen LogP contribution in [-0.2, 0) is 10.4 Å². The molecule has 0 aromatic heterocycles. The van der Waals surface area contributed by atoms with Crippen molar-refractivity contribution >= 4 is 12.1 Å². The Balaban J connectivity index is 1.58. The highest BCUT2D eigenvalue weighted by molar-refractivity contribution is 5.91. The van der Waals surface area contributed by atoms with Crippen LogP contribution in [0.1, 0.15) is 16.7 Å². The van der Waals surface area contributed by atoms with E-state index < -0.39 is 11.5 Å². The van der Waals surface area contributed by atoms with Gasteiger partial charge in [-0.3, -0.25) is 4.79 Å². The van der Waals surface area contributed by atoms with Gasteiger partial charge in [-0.15, -0.1) is 0 Å². The third kappa shape index (κ3) is 3.33. The minimum atomic E-state index is -1.87. The van der Waals surface area contributed by atoms with Crippen molar-refractivity contribution in [3.63, 3.8) is 0 Å². The lowest BCUT2D eigenvalue weighted by Crippen LogP contribution is -2.43. The third-order valence-electron chi connectivity index (χ3n) is 4.49. The fourth-order valence-electron chi connectivity index (χ4n) is 3.03. The van der Waals surface area contributed by atoms with Gasteiger partial charge < -0.3 is 14.6 Å². The summed E-state index contributed by atoms with van der Waals surface area (Å²) in [4.78, 5) is 12.9. The van der Waals surface area contributed by atoms with Crippen molar-refractivity contribution in [2.75, 3.05) is 6.79 Å². The zero-order chi connectivity index (χ0) is 19.4. The van der Waals surface area contributed by atoms with Gasteiger partial charge in [-0.2, -0.15) is 5.10 Å². The van der Waals surface area contributed by atoms with Gasteiger partial charge in [-0.25, -0.2) is 5.43 Å². The zero-order valence-electron chi connectivity index (χ0n) is 14.9. The molecular formula is C22H18N2O4. The van der Waals surface area contributed by atoms with Crippen molar-refractivity contribution in [1.29, 1.82) is 0 Å². The Bertz CT molecular complexity index is 964. The lowest BCUT2D eigenvalue weighted by Gasteiger charge is -2.27. The molecular weight excluding hydrogens is 356 g/mol. The molecule has 0 saturated heterocycles. The Labute approximate surface area is 162 Å². The van der Waals surface area contributed by atoms with Gasteiger partial charge in [0.2, 0.25) is 6.79 Å². The van der Waals surface area contributed by atoms with Gasteiger partial charge >= 0.3 is 0 Å². The van der Waals surface area contributed by atoms with Gasteiger partial charge in [0, 0.05) is 0 Å². The second-order valence-electron chi connectivity index (χ2n) is 6.25. The van der Waals surface area contributed by atoms with Gasteiger partial charge in [-0.05, 0) is 34.9 Å². The zero-order valence-corrected chi connectivity index (χ0v) is 14.9. The average Bonchev–Trinajstić information content (AvgIpc) is 3.22. The van der Waals surface area contributed by atoms with E-state index in [2.05, 4.69) is 10.5 Å². The number of nitrogens with one attached hydrogen (secondary N) is 1. The predicted octanol–water partition coefficient (Wildman–Crippen LogP) is 2.80. The maximum Gasteiger partial charge on any atom is 0.281 e. The van der Waals surface area contributed by atoms with E-state index in [9.17, 15) is 9.90 Å². The largest absolute Gasteiger partial charge is 0.454 e. The summed E-state index contributed by atoms with van der Waals surface area (Å²) in [6, 6.07) is 22.9. The van der Waals surface area contributed by atoms with E-state index in [1.165, 1.54) is 6.21 Å². The summed E-state index contributed by atoms with van der Waals surface area (Å²) in [7, 11) is 0. The molecule has 0 radical (unpaired) electrons. The first-order chi connectivity index (χ1) is 13.7. The topological polar surface area (TPSA) is 80.2 Å². The number of aliphatic hydroxyl groups is 1. The Morgan fingerprint density at radius 1 is 0.929 bits per heavy atom. The molecule has 0 fully saturated rings. The summed E-state index contributed by atoms with van der Waals surface area (Å²) in [5.74, 6) is 0.644. The maximum absolute atomic E-state index is 12.9. The van der Waals surface area contributed by atoms with Crippen LogP contribution in [0.2, 0.25) is 0 Å². The average molecular weight is 374 g/mol. The molecule has 1 heterocycles. The van der Waals surface area contributed by atoms with Gasteiger partial charge in [0.25, 0.3) is 5.91 Å². The summed E-state index contributed by atoms with van der Waals surface area (Å²) < 4.78 is 10.6. The molecule has 0 bridgehead atoms. The molecule has 3 aromatic rings. The van der Waals surface area contributed by atoms with Crippen LogP contribution in [0.25, 0.3) is 0 Å². The summed E-state index contributed by atoms with van der Waals surface area (Å²) in [5, 5.41) is 15.3. The number of rotatable bonds is 5. The number of carbonyl (C=O) groups is 1. The van der Waals surface area contributed by atoms with Crippen LogP contribution in [0.15, 0.2) is 84.0 Å². The quantitative estimate of drug-likeness (QED) is 0.532. The first-order valence-electron chi connectivity index (χ1n) is 8.74. The molecule has 4 rings (SSSR count). The molecule has 0 saturated carbocycles. The molecule has 0 aliphatic carbocycles. The third-order valence-corrected chi connectivity index (χ3v) is 4.49. The second kappa shape index (κ2) is 7.54. The fraction of sp³-hybridized carbons (Fsp3) is 0.0909. The van der Waals surface area contributed by atoms with Crippen molar-refractivity contribution in [3.8, 4) is 11.5 Å². The minimum absolute atomic E-state index is 0.188. The highest BCUT2D eigenvalue weighted by atomic mass is 16.7. The lowest BCUT2D eigenvalue weighted by molar-refractivity contribution is -0.136. The first-order valence-corrected chi connectivity index (χ1v) is 8.74. The van der Waals surface area contributed by atoms with Crippen LogP contribution in [0.4, 0.5) is 0 Å². The standard InChI is InChI=1S/C22H18N2O4/c25-21(24-23-14-16-11-12-19-20(13-16)28-15-27-19)22(26,17-7-3-1-4-8-17)18-9-5-2-6-10-18/h1-14,26H,15H2,(H,24,25)/b23-14-. The van der Waals surface area contributed by atoms with E-state index in [1.54, 1.807) is 66.7 Å². The van der Waals surface area contributed by atoms with Gasteiger partial charge in [-0.1, -0.05) is 60.7 Å². The van der Waals surface area contributed by atoms with Crippen molar-refractivity contribution in [2.45, 2.75) is 5.60 Å². The molecule has 6 nitrogen and oxygen atoms in total. The predicted molar refractivity (Wildman–Crippen MR) is 104 cm³/mol. The molecule has 1 aliphatic rings. The van der Waals surface area contributed by atoms with E-state index in [-0.39, 0.29) is 6.79 Å². The number of hydrazone groups is 1. The number of fused-ring (bicyclic) bond motifs is 1. The van der Waals surface area contributed by atoms with Gasteiger partial charge in [0.15, 0.2) is 17.1 Å². The number of hydrogen-bond acceptors (Lipinski definition) is 5. The van der Waals surface area contributed by atoms with E-state index in [0.29, 0.717) is 22.6 Å². The summed E-state index contributed by atoms with van der Waals surface area (Å²) in [6.45, 7) is 0.188. The van der Waals surface area contributed by atoms with Crippen LogP contribution >= 0.6 is 0 Å². The van der Waals surface area contributed by atoms with Crippen LogP contribution in [0.3, 0.4) is 0 Å². The molecule has 0 atom stereocenters. The number of amides is 1. The fourth-order valence-corrected chi connectivity index (χ4v) is 3.03. The smallest absolute Gasteiger partial charge is 0.281 e. The minimum Gasteiger partial charge on any atom is -0.454 e. The molecule has 2 N–H and O–H groups in total. The molecule has 1 aliphatic heterocycles. The lowest BCUT2D eigenvalue weighted by atomic mass is 9.85. The number of ether oxygens (including phenoxy) is 2. The van der Waals surface area contributed by atoms with Crippen LogP contribution in [0.5, 0.6) is 11.5 Å². The van der Waals surface area contributed by atoms with Crippen molar-refractivity contribution in [2.24, 2.45) is 5.10 Å². The number of benzene rings is 3. The number of hydrogen-bond donors (Lipinski definition) is 2. The molecule has 0 spiro atoms. The normalized spacial score (nSPS) is 12.9. The van der Waals surface area contributed by atoms with Crippen molar-refractivity contribution < 1.29 is 19.4 Å². The summed E-state index contributed by atoms with van der Waals surface area (Å²) in [5.41, 5.74) is 2.22. The highest BCUT2D eigenvalue weighted by Crippen LogP contribution is 2.32. The van der Waals surface area contributed by atoms with E-state index in [1.807, 2.05) is 12.1 Å². The molecule has 0 unspecified atom stereocenters. The second-order valence-corrected chi connectivity index (χ2v) is 6.25. The molecule has 1 amide bonds. The highest BCUT2D eigenvalue weighted by Gasteiger charge is 2.39. The Morgan fingerprint density at radius 2 is 1.54 bits per heavy atom. The van der Waals surface area contributed by atoms with E-state index in [4.69, 9.17) is 9.47 Å². The van der Waals surface area contributed by atoms with Gasteiger partial charge in [0.05, 0.1) is 6.21 Å². The Kier molecular flexibility index (Phi) is 4.78. The maximum atomic E-state index is 12.9. The Morgan fingerprint density at radius 3 is 2.18 bits per heavy atom. The number of carbonyl (C=O) groups excluding carboxylic acids is 1. The van der Waals surface area contributed by atoms with Crippen LogP contribution < -0.4 is 14.9 Å². The van der Waals surface area contributed by atoms with Crippen molar-refractivity contribution in [3.05, 3.63) is 95.6 Å². The first kappa shape index (κ1) is 17.8. The van der Waals surface area contributed by atoms with Crippen molar-refractivity contribution in [1.82, 2.24) is 5.43 Å². The Hall–Kier alpha value is -3.64. The van der Waals surface area contributed by atoms with Gasteiger partial charge in [0.1, 0.15) is 0 Å². The SMILES string of the molecule is O=C(N/N=C\c1ccc2c(c1)OCO2)C(O)(c1ccccc1)c1ccccc1.